The van der Waals surface area contributed by atoms with E-state index in [2.05, 4.69) is 0 Å². The molecule has 0 aliphatic heterocycles. The van der Waals surface area contributed by atoms with Gasteiger partial charge in [-0.2, -0.15) is 0 Å². The summed E-state index contributed by atoms with van der Waals surface area (Å²) in [5.74, 6) is 0.220. The zero-order chi connectivity index (χ0) is 15.7. The molecule has 0 unspecified atom stereocenters. The number of amides is 1. The number of hydrogen-bond donors (Lipinski definition) is 2. The normalized spacial score (nSPS) is 11.0. The molecule has 0 atom stereocenters. The molecule has 1 aromatic heterocycles. The lowest BCUT2D eigenvalue weighted by molar-refractivity contribution is 0.0976. The Balaban J connectivity index is 2.13. The predicted octanol–water partition coefficient (Wildman–Crippen LogP) is 3.69. The van der Waals surface area contributed by atoms with Gasteiger partial charge < -0.3 is 15.3 Å². The SMILES string of the molecule is NC(=O)c1cc2cc(-c3cc(O)ccc3CCCl)ccc2o1. The van der Waals surface area contributed by atoms with Crippen molar-refractivity contribution < 1.29 is 14.3 Å². The second-order valence-corrected chi connectivity index (χ2v) is 5.39. The van der Waals surface area contributed by atoms with Crippen LogP contribution in [0.15, 0.2) is 46.9 Å². The van der Waals surface area contributed by atoms with Crippen LogP contribution in [0.4, 0.5) is 0 Å². The Hall–Kier alpha value is -2.46. The standard InChI is InChI=1S/C17H14ClNO3/c18-6-5-10-1-3-13(20)9-14(10)11-2-4-15-12(7-11)8-16(22-15)17(19)21/h1-4,7-9,20H,5-6H2,(H2,19,21). The molecule has 0 fully saturated rings. The number of nitrogens with two attached hydrogens (primary N) is 1. The van der Waals surface area contributed by atoms with Gasteiger partial charge in [-0.25, -0.2) is 0 Å². The number of halogens is 1. The third-order valence-corrected chi connectivity index (χ3v) is 3.72. The summed E-state index contributed by atoms with van der Waals surface area (Å²) in [7, 11) is 0. The maximum absolute atomic E-state index is 11.2. The summed E-state index contributed by atoms with van der Waals surface area (Å²) in [5.41, 5.74) is 8.69. The van der Waals surface area contributed by atoms with Crippen LogP contribution in [-0.4, -0.2) is 16.9 Å². The number of fused-ring (bicyclic) bond motifs is 1. The van der Waals surface area contributed by atoms with E-state index in [1.54, 1.807) is 24.3 Å². The van der Waals surface area contributed by atoms with Crippen LogP contribution < -0.4 is 5.73 Å². The smallest absolute Gasteiger partial charge is 0.284 e. The maximum Gasteiger partial charge on any atom is 0.284 e. The minimum absolute atomic E-state index is 0.129. The number of furan rings is 1. The van der Waals surface area contributed by atoms with Crippen LogP contribution in [0.5, 0.6) is 5.75 Å². The number of aromatic hydroxyl groups is 1. The number of carbonyl (C=O) groups excluding carboxylic acids is 1. The minimum atomic E-state index is -0.599. The molecule has 4 nitrogen and oxygen atoms in total. The number of hydrogen-bond acceptors (Lipinski definition) is 3. The number of benzene rings is 2. The Morgan fingerprint density at radius 1 is 1.18 bits per heavy atom. The van der Waals surface area contributed by atoms with Gasteiger partial charge in [-0.3, -0.25) is 4.79 Å². The Bertz CT molecular complexity index is 854. The third kappa shape index (κ3) is 2.65. The second kappa shape index (κ2) is 5.73. The summed E-state index contributed by atoms with van der Waals surface area (Å²) >= 11 is 5.84. The number of carbonyl (C=O) groups is 1. The Kier molecular flexibility index (Phi) is 3.77. The zero-order valence-electron chi connectivity index (χ0n) is 11.7. The highest BCUT2D eigenvalue weighted by Crippen LogP contribution is 2.31. The molecule has 3 aromatic rings. The highest BCUT2D eigenvalue weighted by Gasteiger charge is 2.11. The molecule has 0 spiro atoms. The summed E-state index contributed by atoms with van der Waals surface area (Å²) in [6, 6.07) is 12.4. The van der Waals surface area contributed by atoms with E-state index in [1.165, 1.54) is 0 Å². The minimum Gasteiger partial charge on any atom is -0.508 e. The summed E-state index contributed by atoms with van der Waals surface area (Å²) in [6.07, 6.45) is 0.702. The van der Waals surface area contributed by atoms with Crippen molar-refractivity contribution in [2.45, 2.75) is 6.42 Å². The van der Waals surface area contributed by atoms with Crippen molar-refractivity contribution in [3.8, 4) is 16.9 Å². The number of alkyl halides is 1. The predicted molar refractivity (Wildman–Crippen MR) is 86.3 cm³/mol. The van der Waals surface area contributed by atoms with E-state index < -0.39 is 5.91 Å². The van der Waals surface area contributed by atoms with Gasteiger partial charge in [0.15, 0.2) is 5.76 Å². The molecule has 5 heteroatoms. The Morgan fingerprint density at radius 3 is 2.73 bits per heavy atom. The van der Waals surface area contributed by atoms with Crippen LogP contribution in [0.3, 0.4) is 0 Å². The molecule has 0 radical (unpaired) electrons. The van der Waals surface area contributed by atoms with Crippen molar-refractivity contribution in [3.05, 3.63) is 53.8 Å². The quantitative estimate of drug-likeness (QED) is 0.721. The molecule has 3 rings (SSSR count). The molecule has 22 heavy (non-hydrogen) atoms. The third-order valence-electron chi connectivity index (χ3n) is 3.53. The number of phenolic OH excluding ortho intramolecular Hbond substituents is 1. The van der Waals surface area contributed by atoms with Gasteiger partial charge in [0.05, 0.1) is 0 Å². The summed E-state index contributed by atoms with van der Waals surface area (Å²) < 4.78 is 5.38. The fourth-order valence-corrected chi connectivity index (χ4v) is 2.69. The van der Waals surface area contributed by atoms with Gasteiger partial charge >= 0.3 is 0 Å². The maximum atomic E-state index is 11.2. The largest absolute Gasteiger partial charge is 0.508 e. The van der Waals surface area contributed by atoms with Crippen LogP contribution in [0.2, 0.25) is 0 Å². The molecular formula is C17H14ClNO3. The summed E-state index contributed by atoms with van der Waals surface area (Å²) in [5, 5.41) is 10.5. The lowest BCUT2D eigenvalue weighted by Gasteiger charge is -2.09. The molecule has 0 saturated heterocycles. The van der Waals surface area contributed by atoms with Crippen molar-refractivity contribution in [2.75, 3.05) is 5.88 Å². The number of primary amides is 1. The van der Waals surface area contributed by atoms with Gasteiger partial charge in [0.2, 0.25) is 0 Å². The van der Waals surface area contributed by atoms with Crippen molar-refractivity contribution in [3.63, 3.8) is 0 Å². The number of aryl methyl sites for hydroxylation is 1. The molecule has 112 valence electrons. The van der Waals surface area contributed by atoms with Crippen LogP contribution >= 0.6 is 11.6 Å². The topological polar surface area (TPSA) is 76.5 Å². The fraction of sp³-hybridized carbons (Fsp3) is 0.118. The first-order chi connectivity index (χ1) is 10.6. The summed E-state index contributed by atoms with van der Waals surface area (Å²) in [4.78, 5) is 11.2. The van der Waals surface area contributed by atoms with E-state index in [4.69, 9.17) is 21.8 Å². The fourth-order valence-electron chi connectivity index (χ4n) is 2.49. The van der Waals surface area contributed by atoms with Gasteiger partial charge in [0.25, 0.3) is 5.91 Å². The second-order valence-electron chi connectivity index (χ2n) is 5.01. The lowest BCUT2D eigenvalue weighted by Crippen LogP contribution is -2.08. The highest BCUT2D eigenvalue weighted by molar-refractivity contribution is 6.18. The van der Waals surface area contributed by atoms with Crippen molar-refractivity contribution in [1.82, 2.24) is 0 Å². The van der Waals surface area contributed by atoms with Crippen LogP contribution in [0, 0.1) is 0 Å². The molecular weight excluding hydrogens is 302 g/mol. The van der Waals surface area contributed by atoms with E-state index in [0.717, 1.165) is 22.1 Å². The van der Waals surface area contributed by atoms with Gasteiger partial charge in [-0.1, -0.05) is 12.1 Å². The van der Waals surface area contributed by atoms with Crippen molar-refractivity contribution in [1.29, 1.82) is 0 Å². The Morgan fingerprint density at radius 2 is 2.00 bits per heavy atom. The zero-order valence-corrected chi connectivity index (χ0v) is 12.4. The first-order valence-corrected chi connectivity index (χ1v) is 7.33. The average molecular weight is 316 g/mol. The van der Waals surface area contributed by atoms with Crippen LogP contribution in [0.25, 0.3) is 22.1 Å². The van der Waals surface area contributed by atoms with Gasteiger partial charge in [-0.05, 0) is 53.4 Å². The molecule has 0 saturated carbocycles. The van der Waals surface area contributed by atoms with E-state index in [0.29, 0.717) is 17.9 Å². The lowest BCUT2D eigenvalue weighted by atomic mass is 9.97. The molecule has 3 N–H and O–H groups in total. The van der Waals surface area contributed by atoms with Crippen LogP contribution in [0.1, 0.15) is 16.1 Å². The Labute approximate surface area is 132 Å². The molecule has 1 amide bonds. The van der Waals surface area contributed by atoms with Crippen molar-refractivity contribution in [2.24, 2.45) is 5.73 Å². The van der Waals surface area contributed by atoms with Gasteiger partial charge in [-0.15, -0.1) is 11.6 Å². The molecule has 1 heterocycles. The van der Waals surface area contributed by atoms with Gasteiger partial charge in [0, 0.05) is 11.3 Å². The average Bonchev–Trinajstić information content (AvgIpc) is 2.92. The van der Waals surface area contributed by atoms with E-state index in [1.807, 2.05) is 18.2 Å². The molecule has 0 aliphatic rings. The first kappa shape index (κ1) is 14.5. The number of rotatable bonds is 4. The molecule has 2 aromatic carbocycles. The van der Waals surface area contributed by atoms with Gasteiger partial charge in [0.1, 0.15) is 11.3 Å². The molecule has 0 aliphatic carbocycles. The van der Waals surface area contributed by atoms with Crippen molar-refractivity contribution >= 4 is 28.5 Å². The van der Waals surface area contributed by atoms with E-state index in [9.17, 15) is 9.90 Å². The van der Waals surface area contributed by atoms with E-state index >= 15 is 0 Å². The van der Waals surface area contributed by atoms with Crippen LogP contribution in [-0.2, 0) is 6.42 Å². The monoisotopic (exact) mass is 315 g/mol. The molecule has 0 bridgehead atoms. The highest BCUT2D eigenvalue weighted by atomic mass is 35.5. The summed E-state index contributed by atoms with van der Waals surface area (Å²) in [6.45, 7) is 0. The number of phenols is 1. The first-order valence-electron chi connectivity index (χ1n) is 6.80. The van der Waals surface area contributed by atoms with E-state index in [-0.39, 0.29) is 11.5 Å².